The molecule has 1 aliphatic rings. The quantitative estimate of drug-likeness (QED) is 0.707. The summed E-state index contributed by atoms with van der Waals surface area (Å²) in [7, 11) is 0. The van der Waals surface area contributed by atoms with Crippen molar-refractivity contribution in [2.45, 2.75) is 37.6 Å². The van der Waals surface area contributed by atoms with Crippen LogP contribution in [0.3, 0.4) is 0 Å². The highest BCUT2D eigenvalue weighted by atomic mass is 79.9. The summed E-state index contributed by atoms with van der Waals surface area (Å²) in [6, 6.07) is 8.81. The molecule has 100 valence electrons. The Kier molecular flexibility index (Phi) is 3.68. The lowest BCUT2D eigenvalue weighted by molar-refractivity contribution is 0.254. The highest BCUT2D eigenvalue weighted by molar-refractivity contribution is 9.09. The van der Waals surface area contributed by atoms with Gasteiger partial charge in [0.25, 0.3) is 0 Å². The van der Waals surface area contributed by atoms with Crippen molar-refractivity contribution >= 4 is 27.3 Å². The van der Waals surface area contributed by atoms with Gasteiger partial charge in [0, 0.05) is 11.3 Å². The van der Waals surface area contributed by atoms with Gasteiger partial charge in [0.1, 0.15) is 11.9 Å². The zero-order valence-corrected chi connectivity index (χ0v) is 13.6. The van der Waals surface area contributed by atoms with Crippen molar-refractivity contribution in [3.63, 3.8) is 0 Å². The molecule has 1 aliphatic heterocycles. The van der Waals surface area contributed by atoms with Crippen molar-refractivity contribution in [3.05, 3.63) is 51.2 Å². The minimum Gasteiger partial charge on any atom is -0.490 e. The van der Waals surface area contributed by atoms with Crippen LogP contribution in [-0.2, 0) is 12.8 Å². The van der Waals surface area contributed by atoms with Crippen LogP contribution in [0.2, 0.25) is 0 Å². The lowest BCUT2D eigenvalue weighted by Gasteiger charge is -2.12. The lowest BCUT2D eigenvalue weighted by Crippen LogP contribution is -2.05. The van der Waals surface area contributed by atoms with Crippen LogP contribution in [-0.4, -0.2) is 6.10 Å². The molecule has 2 unspecified atom stereocenters. The van der Waals surface area contributed by atoms with E-state index < -0.39 is 0 Å². The molecule has 0 aliphatic carbocycles. The van der Waals surface area contributed by atoms with E-state index in [-0.39, 0.29) is 0 Å². The maximum absolute atomic E-state index is 5.76. The molecule has 0 spiro atoms. The Balaban J connectivity index is 1.93. The highest BCUT2D eigenvalue weighted by Crippen LogP contribution is 2.39. The predicted octanol–water partition coefficient (Wildman–Crippen LogP) is 5.12. The Hall–Kier alpha value is -0.800. The molecule has 0 N–H and O–H groups in total. The zero-order valence-electron chi connectivity index (χ0n) is 11.2. The predicted molar refractivity (Wildman–Crippen MR) is 84.7 cm³/mol. The van der Waals surface area contributed by atoms with Crippen LogP contribution in [0, 0.1) is 0 Å². The summed E-state index contributed by atoms with van der Waals surface area (Å²) in [5.41, 5.74) is 4.11. The molecule has 2 heterocycles. The molecule has 0 fully saturated rings. The van der Waals surface area contributed by atoms with Gasteiger partial charge in [-0.05, 0) is 47.5 Å². The number of aryl methyl sites for hydroxylation is 1. The molecular weight excluding hydrogens is 320 g/mol. The van der Waals surface area contributed by atoms with Gasteiger partial charge in [0.2, 0.25) is 0 Å². The number of thiophene rings is 1. The van der Waals surface area contributed by atoms with Crippen molar-refractivity contribution in [1.29, 1.82) is 0 Å². The number of hydrogen-bond acceptors (Lipinski definition) is 2. The first-order valence-electron chi connectivity index (χ1n) is 6.69. The van der Waals surface area contributed by atoms with Crippen molar-refractivity contribution in [1.82, 2.24) is 0 Å². The van der Waals surface area contributed by atoms with E-state index in [4.69, 9.17) is 4.74 Å². The van der Waals surface area contributed by atoms with E-state index in [2.05, 4.69) is 59.4 Å². The molecule has 0 saturated heterocycles. The van der Waals surface area contributed by atoms with Crippen LogP contribution >= 0.6 is 27.3 Å². The molecule has 19 heavy (non-hydrogen) atoms. The molecule has 0 bridgehead atoms. The van der Waals surface area contributed by atoms with Crippen LogP contribution < -0.4 is 4.74 Å². The van der Waals surface area contributed by atoms with E-state index in [1.165, 1.54) is 21.6 Å². The molecule has 1 aromatic carbocycles. The first-order chi connectivity index (χ1) is 9.19. The summed E-state index contributed by atoms with van der Waals surface area (Å²) in [5, 5.41) is 2.18. The Morgan fingerprint density at radius 3 is 3.05 bits per heavy atom. The summed E-state index contributed by atoms with van der Waals surface area (Å²) in [6.07, 6.45) is 2.42. The third kappa shape index (κ3) is 2.46. The molecule has 1 aromatic heterocycles. The number of fused-ring (bicyclic) bond motifs is 1. The van der Waals surface area contributed by atoms with Gasteiger partial charge < -0.3 is 4.74 Å². The Bertz CT molecular complexity index is 590. The number of rotatable bonds is 3. The second-order valence-electron chi connectivity index (χ2n) is 5.03. The Morgan fingerprint density at radius 1 is 1.42 bits per heavy atom. The summed E-state index contributed by atoms with van der Waals surface area (Å²) in [4.78, 5) is 1.72. The van der Waals surface area contributed by atoms with E-state index in [1.807, 2.05) is 11.3 Å². The second kappa shape index (κ2) is 5.29. The lowest BCUT2D eigenvalue weighted by atomic mass is 10.0. The average Bonchev–Trinajstić information content (AvgIpc) is 3.01. The van der Waals surface area contributed by atoms with Gasteiger partial charge in [-0.1, -0.05) is 35.0 Å². The van der Waals surface area contributed by atoms with Gasteiger partial charge >= 0.3 is 0 Å². The number of benzene rings is 1. The molecule has 0 amide bonds. The minimum atomic E-state index is 0.295. The van der Waals surface area contributed by atoms with E-state index >= 15 is 0 Å². The maximum atomic E-state index is 5.76. The van der Waals surface area contributed by atoms with Crippen LogP contribution in [0.15, 0.2) is 29.6 Å². The number of alkyl halides is 1. The van der Waals surface area contributed by atoms with Gasteiger partial charge in [-0.25, -0.2) is 0 Å². The van der Waals surface area contributed by atoms with Gasteiger partial charge in [0.15, 0.2) is 0 Å². The van der Waals surface area contributed by atoms with Gasteiger partial charge in [-0.2, -0.15) is 0 Å². The van der Waals surface area contributed by atoms with Crippen LogP contribution in [0.1, 0.15) is 40.2 Å². The smallest absolute Gasteiger partial charge is 0.123 e. The minimum absolute atomic E-state index is 0.295. The molecule has 2 aromatic rings. The van der Waals surface area contributed by atoms with Crippen molar-refractivity contribution in [3.8, 4) is 5.75 Å². The van der Waals surface area contributed by atoms with Gasteiger partial charge in [-0.3, -0.25) is 0 Å². The zero-order chi connectivity index (χ0) is 13.4. The van der Waals surface area contributed by atoms with Crippen LogP contribution in [0.4, 0.5) is 0 Å². The monoisotopic (exact) mass is 336 g/mol. The fourth-order valence-electron chi connectivity index (χ4n) is 2.61. The molecule has 3 rings (SSSR count). The molecular formula is C16H17BrOS. The highest BCUT2D eigenvalue weighted by Gasteiger charge is 2.22. The second-order valence-corrected chi connectivity index (χ2v) is 6.89. The molecule has 3 heteroatoms. The third-order valence-corrected chi connectivity index (χ3v) is 5.92. The molecule has 1 nitrogen and oxygen atoms in total. The molecule has 2 atom stereocenters. The van der Waals surface area contributed by atoms with Crippen molar-refractivity contribution in [2.24, 2.45) is 0 Å². The maximum Gasteiger partial charge on any atom is 0.123 e. The van der Waals surface area contributed by atoms with E-state index in [0.717, 1.165) is 18.6 Å². The average molecular weight is 337 g/mol. The largest absolute Gasteiger partial charge is 0.490 e. The van der Waals surface area contributed by atoms with E-state index in [1.54, 1.807) is 0 Å². The topological polar surface area (TPSA) is 9.23 Å². The fraction of sp³-hybridized carbons (Fsp3) is 0.375. The number of hydrogen-bond donors (Lipinski definition) is 0. The first-order valence-corrected chi connectivity index (χ1v) is 8.48. The number of ether oxygens (including phenoxy) is 1. The third-order valence-electron chi connectivity index (χ3n) is 3.60. The fourth-order valence-corrected chi connectivity index (χ4v) is 4.51. The normalized spacial score (nSPS) is 19.0. The van der Waals surface area contributed by atoms with E-state index in [9.17, 15) is 0 Å². The van der Waals surface area contributed by atoms with Gasteiger partial charge in [0.05, 0.1) is 4.83 Å². The molecule has 0 saturated carbocycles. The number of halogens is 1. The van der Waals surface area contributed by atoms with Crippen molar-refractivity contribution in [2.75, 3.05) is 0 Å². The summed E-state index contributed by atoms with van der Waals surface area (Å²) in [6.45, 7) is 4.34. The van der Waals surface area contributed by atoms with Crippen LogP contribution in [0.5, 0.6) is 5.75 Å². The SMILES string of the molecule is CCc1ccsc1C(Br)c1ccc2c(c1)CC(C)O2. The first kappa shape index (κ1) is 13.2. The summed E-state index contributed by atoms with van der Waals surface area (Å²) < 4.78 is 5.76. The van der Waals surface area contributed by atoms with E-state index in [0.29, 0.717) is 10.9 Å². The Labute approximate surface area is 126 Å². The van der Waals surface area contributed by atoms with Crippen molar-refractivity contribution < 1.29 is 4.74 Å². The summed E-state index contributed by atoms with van der Waals surface area (Å²) in [5.74, 6) is 1.05. The van der Waals surface area contributed by atoms with Gasteiger partial charge in [-0.15, -0.1) is 11.3 Å². The Morgan fingerprint density at radius 2 is 2.26 bits per heavy atom. The molecule has 0 radical (unpaired) electrons. The van der Waals surface area contributed by atoms with Crippen LogP contribution in [0.25, 0.3) is 0 Å². The standard InChI is InChI=1S/C16H17BrOS/c1-3-11-6-7-19-16(11)15(17)12-4-5-14-13(9-12)8-10(2)18-14/h4-7,9-10,15H,3,8H2,1-2H3. The summed E-state index contributed by atoms with van der Waals surface area (Å²) >= 11 is 5.69.